The third-order valence-electron chi connectivity index (χ3n) is 3.73. The average Bonchev–Trinajstić information content (AvgIpc) is 2.52. The Bertz CT molecular complexity index is 620. The largest absolute Gasteiger partial charge is 0.496 e. The minimum atomic E-state index is -0.280. The SMILES string of the molecule is COc1ccc(Cl)cc1C(=O)N1CCN(C(=O)NC(C)(C)C)CC1. The van der Waals surface area contributed by atoms with Crippen molar-refractivity contribution in [3.63, 3.8) is 0 Å². The van der Waals surface area contributed by atoms with Crippen molar-refractivity contribution in [1.82, 2.24) is 15.1 Å². The Morgan fingerprint density at radius 3 is 2.25 bits per heavy atom. The van der Waals surface area contributed by atoms with Crippen molar-refractivity contribution in [2.24, 2.45) is 0 Å². The van der Waals surface area contributed by atoms with E-state index in [2.05, 4.69) is 5.32 Å². The van der Waals surface area contributed by atoms with Crippen LogP contribution >= 0.6 is 11.6 Å². The number of methoxy groups -OCH3 is 1. The molecule has 0 aromatic heterocycles. The Morgan fingerprint density at radius 2 is 1.71 bits per heavy atom. The maximum atomic E-state index is 12.7. The predicted octanol–water partition coefficient (Wildman–Crippen LogP) is 2.61. The van der Waals surface area contributed by atoms with Gasteiger partial charge < -0.3 is 19.9 Å². The molecule has 7 heteroatoms. The number of carbonyl (C=O) groups excluding carboxylic acids is 2. The van der Waals surface area contributed by atoms with E-state index in [-0.39, 0.29) is 17.5 Å². The van der Waals surface area contributed by atoms with Gasteiger partial charge in [-0.15, -0.1) is 0 Å². The first-order valence-electron chi connectivity index (χ1n) is 7.91. The van der Waals surface area contributed by atoms with Crippen LogP contribution in [0.5, 0.6) is 5.75 Å². The fourth-order valence-corrected chi connectivity index (χ4v) is 2.70. The Labute approximate surface area is 147 Å². The monoisotopic (exact) mass is 353 g/mol. The van der Waals surface area contributed by atoms with E-state index in [0.717, 1.165) is 0 Å². The normalized spacial score (nSPS) is 15.2. The molecule has 1 aliphatic rings. The number of benzene rings is 1. The van der Waals surface area contributed by atoms with E-state index in [1.54, 1.807) is 28.0 Å². The van der Waals surface area contributed by atoms with Crippen LogP contribution in [0.4, 0.5) is 4.79 Å². The molecule has 3 amide bonds. The third-order valence-corrected chi connectivity index (χ3v) is 3.96. The van der Waals surface area contributed by atoms with Gasteiger partial charge in [0, 0.05) is 36.7 Å². The van der Waals surface area contributed by atoms with E-state index in [4.69, 9.17) is 16.3 Å². The van der Waals surface area contributed by atoms with Crippen molar-refractivity contribution in [1.29, 1.82) is 0 Å². The number of halogens is 1. The highest BCUT2D eigenvalue weighted by Crippen LogP contribution is 2.24. The average molecular weight is 354 g/mol. The van der Waals surface area contributed by atoms with Crippen LogP contribution < -0.4 is 10.1 Å². The Kier molecular flexibility index (Phi) is 5.59. The summed E-state index contributed by atoms with van der Waals surface area (Å²) in [5.41, 5.74) is 0.163. The Hall–Kier alpha value is -1.95. The van der Waals surface area contributed by atoms with Crippen LogP contribution in [0.3, 0.4) is 0 Å². The maximum Gasteiger partial charge on any atom is 0.317 e. The van der Waals surface area contributed by atoms with E-state index < -0.39 is 0 Å². The summed E-state index contributed by atoms with van der Waals surface area (Å²) in [6.07, 6.45) is 0. The third kappa shape index (κ3) is 4.54. The lowest BCUT2D eigenvalue weighted by atomic mass is 10.1. The molecule has 132 valence electrons. The lowest BCUT2D eigenvalue weighted by Gasteiger charge is -2.36. The van der Waals surface area contributed by atoms with Crippen molar-refractivity contribution < 1.29 is 14.3 Å². The second-order valence-corrected chi connectivity index (χ2v) is 7.24. The molecule has 0 spiro atoms. The fraction of sp³-hybridized carbons (Fsp3) is 0.529. The molecule has 0 atom stereocenters. The minimum absolute atomic E-state index is 0.102. The molecule has 1 aliphatic heterocycles. The van der Waals surface area contributed by atoms with Crippen LogP contribution in [0, 0.1) is 0 Å². The fourth-order valence-electron chi connectivity index (χ4n) is 2.53. The van der Waals surface area contributed by atoms with Gasteiger partial charge in [-0.3, -0.25) is 4.79 Å². The summed E-state index contributed by atoms with van der Waals surface area (Å²) < 4.78 is 5.25. The molecule has 2 rings (SSSR count). The van der Waals surface area contributed by atoms with Gasteiger partial charge in [0.05, 0.1) is 12.7 Å². The zero-order valence-electron chi connectivity index (χ0n) is 14.6. The maximum absolute atomic E-state index is 12.7. The van der Waals surface area contributed by atoms with Gasteiger partial charge in [-0.25, -0.2) is 4.79 Å². The zero-order chi connectivity index (χ0) is 17.9. The van der Waals surface area contributed by atoms with Gasteiger partial charge in [0.2, 0.25) is 0 Å². The summed E-state index contributed by atoms with van der Waals surface area (Å²) in [4.78, 5) is 28.3. The highest BCUT2D eigenvalue weighted by Gasteiger charge is 2.27. The van der Waals surface area contributed by atoms with Crippen molar-refractivity contribution in [2.45, 2.75) is 26.3 Å². The molecule has 1 N–H and O–H groups in total. The van der Waals surface area contributed by atoms with Crippen LogP contribution in [0.25, 0.3) is 0 Å². The number of urea groups is 1. The second-order valence-electron chi connectivity index (χ2n) is 6.80. The molecule has 1 heterocycles. The van der Waals surface area contributed by atoms with Gasteiger partial charge in [0.1, 0.15) is 5.75 Å². The van der Waals surface area contributed by atoms with Crippen LogP contribution in [0.1, 0.15) is 31.1 Å². The van der Waals surface area contributed by atoms with E-state index in [1.165, 1.54) is 7.11 Å². The number of piperazine rings is 1. The van der Waals surface area contributed by atoms with Gasteiger partial charge in [0.15, 0.2) is 0 Å². The minimum Gasteiger partial charge on any atom is -0.496 e. The lowest BCUT2D eigenvalue weighted by Crippen LogP contribution is -2.56. The number of nitrogens with zero attached hydrogens (tertiary/aromatic N) is 2. The zero-order valence-corrected chi connectivity index (χ0v) is 15.3. The van der Waals surface area contributed by atoms with Gasteiger partial charge in [0.25, 0.3) is 5.91 Å². The smallest absolute Gasteiger partial charge is 0.317 e. The van der Waals surface area contributed by atoms with Crippen LogP contribution in [0.15, 0.2) is 18.2 Å². The summed E-state index contributed by atoms with van der Waals surface area (Å²) in [5.74, 6) is 0.363. The van der Waals surface area contributed by atoms with Crippen LogP contribution in [-0.4, -0.2) is 60.6 Å². The molecule has 0 unspecified atom stereocenters. The number of amides is 3. The Balaban J connectivity index is 2.01. The number of carbonyl (C=O) groups is 2. The molecular weight excluding hydrogens is 330 g/mol. The molecule has 0 radical (unpaired) electrons. The molecule has 1 aromatic carbocycles. The molecule has 24 heavy (non-hydrogen) atoms. The first-order chi connectivity index (χ1) is 11.2. The van der Waals surface area contributed by atoms with E-state index in [0.29, 0.717) is 42.5 Å². The number of hydrogen-bond acceptors (Lipinski definition) is 3. The Morgan fingerprint density at radius 1 is 1.12 bits per heavy atom. The van der Waals surface area contributed by atoms with Gasteiger partial charge in [-0.1, -0.05) is 11.6 Å². The van der Waals surface area contributed by atoms with E-state index >= 15 is 0 Å². The molecular formula is C17H24ClN3O3. The first-order valence-corrected chi connectivity index (χ1v) is 8.29. The molecule has 1 fully saturated rings. The first kappa shape index (κ1) is 18.4. The number of ether oxygens (including phenoxy) is 1. The number of nitrogens with one attached hydrogen (secondary N) is 1. The standard InChI is InChI=1S/C17H24ClN3O3/c1-17(2,3)19-16(23)21-9-7-20(8-10-21)15(22)13-11-12(18)5-6-14(13)24-4/h5-6,11H,7-10H2,1-4H3,(H,19,23). The van der Waals surface area contributed by atoms with Crippen molar-refractivity contribution in [2.75, 3.05) is 33.3 Å². The quantitative estimate of drug-likeness (QED) is 0.889. The lowest BCUT2D eigenvalue weighted by molar-refractivity contribution is 0.0658. The van der Waals surface area contributed by atoms with Crippen molar-refractivity contribution >= 4 is 23.5 Å². The molecule has 1 saturated heterocycles. The molecule has 0 aliphatic carbocycles. The van der Waals surface area contributed by atoms with E-state index in [1.807, 2.05) is 20.8 Å². The van der Waals surface area contributed by atoms with Crippen LogP contribution in [0.2, 0.25) is 5.02 Å². The molecule has 1 aromatic rings. The topological polar surface area (TPSA) is 61.9 Å². The summed E-state index contributed by atoms with van der Waals surface area (Å²) in [5, 5.41) is 3.42. The summed E-state index contributed by atoms with van der Waals surface area (Å²) >= 11 is 6.00. The highest BCUT2D eigenvalue weighted by molar-refractivity contribution is 6.31. The van der Waals surface area contributed by atoms with Crippen LogP contribution in [-0.2, 0) is 0 Å². The number of rotatable bonds is 2. The molecule has 0 saturated carbocycles. The highest BCUT2D eigenvalue weighted by atomic mass is 35.5. The number of hydrogen-bond donors (Lipinski definition) is 1. The summed E-state index contributed by atoms with van der Waals surface area (Å²) in [7, 11) is 1.52. The van der Waals surface area contributed by atoms with Gasteiger partial charge >= 0.3 is 6.03 Å². The molecule has 0 bridgehead atoms. The summed E-state index contributed by atoms with van der Waals surface area (Å²) in [6, 6.07) is 4.88. The van der Waals surface area contributed by atoms with Gasteiger partial charge in [-0.05, 0) is 39.0 Å². The second kappa shape index (κ2) is 7.30. The van der Waals surface area contributed by atoms with Crippen molar-refractivity contribution in [3.05, 3.63) is 28.8 Å². The molecule has 6 nitrogen and oxygen atoms in total. The predicted molar refractivity (Wildman–Crippen MR) is 93.8 cm³/mol. The van der Waals surface area contributed by atoms with Gasteiger partial charge in [-0.2, -0.15) is 0 Å². The van der Waals surface area contributed by atoms with Crippen molar-refractivity contribution in [3.8, 4) is 5.75 Å². The summed E-state index contributed by atoms with van der Waals surface area (Å²) in [6.45, 7) is 7.77. The van der Waals surface area contributed by atoms with E-state index in [9.17, 15) is 9.59 Å².